The third-order valence-corrected chi connectivity index (χ3v) is 5.27. The number of hydrogen-bond acceptors (Lipinski definition) is 4. The average Bonchev–Trinajstić information content (AvgIpc) is 2.51. The van der Waals surface area contributed by atoms with Gasteiger partial charge in [0.2, 0.25) is 0 Å². The van der Waals surface area contributed by atoms with E-state index in [9.17, 15) is 0 Å². The largest absolute Gasteiger partial charge is 0.493 e. The van der Waals surface area contributed by atoms with Crippen LogP contribution < -0.4 is 10.5 Å². The summed E-state index contributed by atoms with van der Waals surface area (Å²) in [5.74, 6) is 0.959. The van der Waals surface area contributed by atoms with Crippen LogP contribution in [0.3, 0.4) is 0 Å². The van der Waals surface area contributed by atoms with Gasteiger partial charge in [-0.1, -0.05) is 18.6 Å². The molecule has 1 atom stereocenters. The van der Waals surface area contributed by atoms with Gasteiger partial charge < -0.3 is 20.1 Å². The molecule has 0 radical (unpaired) electrons. The van der Waals surface area contributed by atoms with E-state index in [0.29, 0.717) is 18.1 Å². The van der Waals surface area contributed by atoms with Crippen molar-refractivity contribution in [2.45, 2.75) is 44.8 Å². The number of nitrogens with two attached hydrogens (primary N) is 1. The molecule has 3 rings (SSSR count). The molecule has 2 fully saturated rings. The van der Waals surface area contributed by atoms with Gasteiger partial charge in [0.15, 0.2) is 0 Å². The van der Waals surface area contributed by atoms with Gasteiger partial charge >= 0.3 is 0 Å². The zero-order valence-electron chi connectivity index (χ0n) is 14.3. The van der Waals surface area contributed by atoms with Gasteiger partial charge in [-0.05, 0) is 49.9 Å². The summed E-state index contributed by atoms with van der Waals surface area (Å²) in [7, 11) is 1.72. The van der Waals surface area contributed by atoms with Crippen LogP contribution in [-0.2, 0) is 11.3 Å². The smallest absolute Gasteiger partial charge is 0.119 e. The van der Waals surface area contributed by atoms with Gasteiger partial charge in [-0.3, -0.25) is 0 Å². The van der Waals surface area contributed by atoms with Crippen LogP contribution in [0.5, 0.6) is 5.75 Å². The van der Waals surface area contributed by atoms with Crippen molar-refractivity contribution < 1.29 is 9.47 Å². The molecule has 1 saturated heterocycles. The molecular weight excluding hydrogens is 288 g/mol. The Morgan fingerprint density at radius 3 is 2.87 bits per heavy atom. The van der Waals surface area contributed by atoms with E-state index in [0.717, 1.165) is 31.0 Å². The van der Waals surface area contributed by atoms with E-state index < -0.39 is 0 Å². The summed E-state index contributed by atoms with van der Waals surface area (Å²) in [5.41, 5.74) is 7.62. The maximum atomic E-state index is 6.16. The fourth-order valence-electron chi connectivity index (χ4n) is 3.86. The lowest BCUT2D eigenvalue weighted by atomic mass is 9.69. The third kappa shape index (κ3) is 4.46. The zero-order chi connectivity index (χ0) is 16.1. The van der Waals surface area contributed by atoms with Crippen molar-refractivity contribution in [3.05, 3.63) is 29.8 Å². The predicted molar refractivity (Wildman–Crippen MR) is 92.6 cm³/mol. The summed E-state index contributed by atoms with van der Waals surface area (Å²) in [6, 6.07) is 8.60. The van der Waals surface area contributed by atoms with E-state index in [1.807, 2.05) is 12.1 Å². The Balaban J connectivity index is 1.55. The summed E-state index contributed by atoms with van der Waals surface area (Å²) in [4.78, 5) is 2.55. The molecule has 0 aromatic heterocycles. The summed E-state index contributed by atoms with van der Waals surface area (Å²) in [5, 5.41) is 0. The molecule has 1 aromatic carbocycles. The number of rotatable bonds is 7. The lowest BCUT2D eigenvalue weighted by molar-refractivity contribution is 0.0101. The first kappa shape index (κ1) is 16.7. The fourth-order valence-corrected chi connectivity index (χ4v) is 3.86. The second-order valence-corrected chi connectivity index (χ2v) is 7.36. The van der Waals surface area contributed by atoms with Crippen LogP contribution in [0.15, 0.2) is 24.3 Å². The lowest BCUT2D eigenvalue weighted by Gasteiger charge is -2.46. The monoisotopic (exact) mass is 318 g/mol. The SMILES string of the molecule is COCc1cccc(OCC2(CN3CCC[C@@H](N)C3)CCC2)c1. The topological polar surface area (TPSA) is 47.7 Å². The normalized spacial score (nSPS) is 24.2. The number of hydrogen-bond donors (Lipinski definition) is 1. The van der Waals surface area contributed by atoms with Crippen LogP contribution in [0.2, 0.25) is 0 Å². The highest BCUT2D eigenvalue weighted by Crippen LogP contribution is 2.42. The van der Waals surface area contributed by atoms with Crippen molar-refractivity contribution in [3.8, 4) is 5.75 Å². The van der Waals surface area contributed by atoms with Crippen LogP contribution in [0.25, 0.3) is 0 Å². The summed E-state index contributed by atoms with van der Waals surface area (Å²) in [6.45, 7) is 4.82. The highest BCUT2D eigenvalue weighted by Gasteiger charge is 2.40. The Hall–Kier alpha value is -1.10. The lowest BCUT2D eigenvalue weighted by Crippen LogP contribution is -2.51. The molecule has 128 valence electrons. The number of piperidine rings is 1. The highest BCUT2D eigenvalue weighted by atomic mass is 16.5. The number of likely N-dealkylation sites (tertiary alicyclic amines) is 1. The first-order valence-electron chi connectivity index (χ1n) is 8.88. The second kappa shape index (κ2) is 7.65. The highest BCUT2D eigenvalue weighted by molar-refractivity contribution is 5.28. The third-order valence-electron chi connectivity index (χ3n) is 5.27. The van der Waals surface area contributed by atoms with Gasteiger partial charge in [0, 0.05) is 31.7 Å². The van der Waals surface area contributed by atoms with Crippen LogP contribution in [0.1, 0.15) is 37.7 Å². The Kier molecular flexibility index (Phi) is 5.57. The van der Waals surface area contributed by atoms with Crippen molar-refractivity contribution in [2.75, 3.05) is 33.4 Å². The standard InChI is InChI=1S/C19H30N2O2/c1-22-13-16-5-2-7-18(11-16)23-15-19(8-4-9-19)14-21-10-3-6-17(20)12-21/h2,5,7,11,17H,3-4,6,8-10,12-15,20H2,1H3/t17-/m1/s1. The van der Waals surface area contributed by atoms with E-state index in [-0.39, 0.29) is 0 Å². The molecule has 23 heavy (non-hydrogen) atoms. The van der Waals surface area contributed by atoms with Crippen molar-refractivity contribution in [1.82, 2.24) is 4.90 Å². The zero-order valence-corrected chi connectivity index (χ0v) is 14.3. The first-order chi connectivity index (χ1) is 11.2. The van der Waals surface area contributed by atoms with Gasteiger partial charge in [0.05, 0.1) is 13.2 Å². The van der Waals surface area contributed by atoms with Crippen LogP contribution in [-0.4, -0.2) is 44.3 Å². The van der Waals surface area contributed by atoms with Crippen LogP contribution >= 0.6 is 0 Å². The number of benzene rings is 1. The van der Waals surface area contributed by atoms with E-state index in [1.165, 1.54) is 38.6 Å². The molecule has 1 aliphatic carbocycles. The molecule has 1 heterocycles. The molecule has 0 unspecified atom stereocenters. The van der Waals surface area contributed by atoms with Gasteiger partial charge in [-0.25, -0.2) is 0 Å². The Labute approximate surface area is 139 Å². The van der Waals surface area contributed by atoms with Gasteiger partial charge in [0.1, 0.15) is 5.75 Å². The molecule has 1 aliphatic heterocycles. The first-order valence-corrected chi connectivity index (χ1v) is 8.88. The molecule has 1 aromatic rings. The van der Waals surface area contributed by atoms with Crippen molar-refractivity contribution in [1.29, 1.82) is 0 Å². The Bertz CT molecular complexity index is 502. The van der Waals surface area contributed by atoms with Crippen LogP contribution in [0.4, 0.5) is 0 Å². The number of methoxy groups -OCH3 is 1. The molecule has 4 heteroatoms. The molecule has 2 N–H and O–H groups in total. The summed E-state index contributed by atoms with van der Waals surface area (Å²) >= 11 is 0. The van der Waals surface area contributed by atoms with Gasteiger partial charge in [-0.15, -0.1) is 0 Å². The quantitative estimate of drug-likeness (QED) is 0.840. The molecule has 0 bridgehead atoms. The van der Waals surface area contributed by atoms with Gasteiger partial charge in [0.25, 0.3) is 0 Å². The maximum absolute atomic E-state index is 6.16. The minimum atomic E-state index is 0.328. The predicted octanol–water partition coefficient (Wildman–Crippen LogP) is 2.81. The Morgan fingerprint density at radius 1 is 1.30 bits per heavy atom. The van der Waals surface area contributed by atoms with E-state index >= 15 is 0 Å². The van der Waals surface area contributed by atoms with E-state index in [1.54, 1.807) is 7.11 Å². The molecule has 4 nitrogen and oxygen atoms in total. The molecule has 0 spiro atoms. The summed E-state index contributed by atoms with van der Waals surface area (Å²) < 4.78 is 11.4. The van der Waals surface area contributed by atoms with Crippen LogP contribution in [0, 0.1) is 5.41 Å². The van der Waals surface area contributed by atoms with E-state index in [4.69, 9.17) is 15.2 Å². The molecular formula is C19H30N2O2. The Morgan fingerprint density at radius 2 is 2.17 bits per heavy atom. The molecule has 2 aliphatic rings. The number of nitrogens with zero attached hydrogens (tertiary/aromatic N) is 1. The fraction of sp³-hybridized carbons (Fsp3) is 0.684. The second-order valence-electron chi connectivity index (χ2n) is 7.36. The number of ether oxygens (including phenoxy) is 2. The average molecular weight is 318 g/mol. The minimum absolute atomic E-state index is 0.328. The summed E-state index contributed by atoms with van der Waals surface area (Å²) in [6.07, 6.45) is 6.28. The van der Waals surface area contributed by atoms with Crippen molar-refractivity contribution >= 4 is 0 Å². The van der Waals surface area contributed by atoms with Crippen molar-refractivity contribution in [2.24, 2.45) is 11.1 Å². The van der Waals surface area contributed by atoms with E-state index in [2.05, 4.69) is 17.0 Å². The maximum Gasteiger partial charge on any atom is 0.119 e. The molecule has 0 amide bonds. The molecule has 1 saturated carbocycles. The minimum Gasteiger partial charge on any atom is -0.493 e. The van der Waals surface area contributed by atoms with Crippen molar-refractivity contribution in [3.63, 3.8) is 0 Å². The van der Waals surface area contributed by atoms with Gasteiger partial charge in [-0.2, -0.15) is 0 Å².